The zero-order valence-corrected chi connectivity index (χ0v) is 13.9. The molecule has 1 aliphatic carbocycles. The van der Waals surface area contributed by atoms with Gasteiger partial charge >= 0.3 is 0 Å². The fourth-order valence-corrected chi connectivity index (χ4v) is 3.35. The summed E-state index contributed by atoms with van der Waals surface area (Å²) >= 11 is 0. The predicted molar refractivity (Wildman–Crippen MR) is 95.1 cm³/mol. The van der Waals surface area contributed by atoms with Crippen molar-refractivity contribution in [3.8, 4) is 0 Å². The summed E-state index contributed by atoms with van der Waals surface area (Å²) in [6, 6.07) is 17.7. The van der Waals surface area contributed by atoms with Crippen LogP contribution in [0.1, 0.15) is 28.7 Å². The molecule has 2 aromatic carbocycles. The van der Waals surface area contributed by atoms with Gasteiger partial charge in [-0.2, -0.15) is 0 Å². The van der Waals surface area contributed by atoms with Gasteiger partial charge in [-0.15, -0.1) is 0 Å². The van der Waals surface area contributed by atoms with Gasteiger partial charge in [0.05, 0.1) is 0 Å². The minimum Gasteiger partial charge on any atom is -0.309 e. The molecule has 0 N–H and O–H groups in total. The average molecular weight is 291 g/mol. The zero-order valence-electron chi connectivity index (χ0n) is 13.9. The molecule has 0 aromatic heterocycles. The Balaban J connectivity index is 1.92. The first kappa shape index (κ1) is 15.1. The number of fused-ring (bicyclic) bond motifs is 1. The van der Waals surface area contributed by atoms with Crippen LogP contribution >= 0.6 is 0 Å². The Morgan fingerprint density at radius 2 is 1.68 bits per heavy atom. The van der Waals surface area contributed by atoms with Crippen LogP contribution in [0, 0.1) is 6.92 Å². The van der Waals surface area contributed by atoms with E-state index in [1.165, 1.54) is 22.3 Å². The van der Waals surface area contributed by atoms with Gasteiger partial charge in [0.2, 0.25) is 0 Å². The average Bonchev–Trinajstić information content (AvgIpc) is 2.85. The molecule has 22 heavy (non-hydrogen) atoms. The molecule has 0 spiro atoms. The molecule has 1 nitrogen and oxygen atoms in total. The third-order valence-corrected chi connectivity index (χ3v) is 4.65. The summed E-state index contributed by atoms with van der Waals surface area (Å²) in [4.78, 5) is 2.28. The highest BCUT2D eigenvalue weighted by molar-refractivity contribution is 5.77. The van der Waals surface area contributed by atoms with Crippen molar-refractivity contribution in [2.45, 2.75) is 26.2 Å². The van der Waals surface area contributed by atoms with Crippen molar-refractivity contribution in [1.29, 1.82) is 0 Å². The lowest BCUT2D eigenvalue weighted by molar-refractivity contribution is 0.419. The van der Waals surface area contributed by atoms with Gasteiger partial charge in [0.1, 0.15) is 0 Å². The Kier molecular flexibility index (Phi) is 4.44. The van der Waals surface area contributed by atoms with Gasteiger partial charge in [-0.25, -0.2) is 0 Å². The van der Waals surface area contributed by atoms with Gasteiger partial charge in [0.15, 0.2) is 0 Å². The maximum atomic E-state index is 2.30. The van der Waals surface area contributed by atoms with Gasteiger partial charge in [0.25, 0.3) is 0 Å². The topological polar surface area (TPSA) is 3.24 Å². The molecule has 2 aromatic rings. The Labute approximate surface area is 134 Å². The van der Waals surface area contributed by atoms with E-state index in [9.17, 15) is 0 Å². The molecule has 0 aliphatic heterocycles. The second-order valence-corrected chi connectivity index (χ2v) is 6.57. The summed E-state index contributed by atoms with van der Waals surface area (Å²) in [6.07, 6.45) is 3.35. The number of hydrogen-bond acceptors (Lipinski definition) is 1. The smallest absolute Gasteiger partial charge is 0.00159 e. The monoisotopic (exact) mass is 291 g/mol. The van der Waals surface area contributed by atoms with E-state index in [1.807, 2.05) is 0 Å². The molecule has 0 saturated heterocycles. The molecule has 0 unspecified atom stereocenters. The standard InChI is InChI=1S/C21H25N/c1-16-8-4-5-9-17(16)14-19-15-18-10-6-7-11-20(18)21(19)12-13-22(2)3/h4-11H,12-15H2,1-3H3. The first-order valence-electron chi connectivity index (χ1n) is 8.13. The van der Waals surface area contributed by atoms with Crippen LogP contribution in [-0.4, -0.2) is 25.5 Å². The normalized spacial score (nSPS) is 13.8. The van der Waals surface area contributed by atoms with Crippen LogP contribution in [0.2, 0.25) is 0 Å². The highest BCUT2D eigenvalue weighted by Gasteiger charge is 2.21. The van der Waals surface area contributed by atoms with Crippen molar-refractivity contribution in [2.24, 2.45) is 0 Å². The van der Waals surface area contributed by atoms with E-state index in [1.54, 1.807) is 11.1 Å². The molecule has 0 saturated carbocycles. The van der Waals surface area contributed by atoms with Crippen LogP contribution in [0.15, 0.2) is 54.1 Å². The molecule has 0 bridgehead atoms. The van der Waals surface area contributed by atoms with E-state index in [0.717, 1.165) is 25.8 Å². The highest BCUT2D eigenvalue weighted by atomic mass is 15.0. The van der Waals surface area contributed by atoms with E-state index >= 15 is 0 Å². The van der Waals surface area contributed by atoms with Crippen molar-refractivity contribution < 1.29 is 0 Å². The van der Waals surface area contributed by atoms with Crippen molar-refractivity contribution in [3.05, 3.63) is 76.4 Å². The first-order valence-corrected chi connectivity index (χ1v) is 8.13. The number of hydrogen-bond donors (Lipinski definition) is 0. The Hall–Kier alpha value is -1.86. The van der Waals surface area contributed by atoms with Crippen LogP contribution < -0.4 is 0 Å². The number of allylic oxidation sites excluding steroid dienone is 1. The fraction of sp³-hybridized carbons (Fsp3) is 0.333. The summed E-state index contributed by atoms with van der Waals surface area (Å²) in [7, 11) is 4.31. The number of benzene rings is 2. The lowest BCUT2D eigenvalue weighted by atomic mass is 9.96. The first-order chi connectivity index (χ1) is 10.6. The van der Waals surface area contributed by atoms with Crippen LogP contribution in [0.3, 0.4) is 0 Å². The Morgan fingerprint density at radius 1 is 0.955 bits per heavy atom. The minimum absolute atomic E-state index is 1.09. The summed E-state index contributed by atoms with van der Waals surface area (Å²) in [5, 5.41) is 0. The van der Waals surface area contributed by atoms with E-state index in [0.29, 0.717) is 0 Å². The van der Waals surface area contributed by atoms with Crippen LogP contribution in [0.5, 0.6) is 0 Å². The molecule has 1 aliphatic rings. The molecule has 0 heterocycles. The van der Waals surface area contributed by atoms with Crippen LogP contribution in [-0.2, 0) is 12.8 Å². The molecular weight excluding hydrogens is 266 g/mol. The number of aryl methyl sites for hydroxylation is 1. The molecule has 0 radical (unpaired) electrons. The highest BCUT2D eigenvalue weighted by Crippen LogP contribution is 2.36. The molecule has 1 heteroatoms. The van der Waals surface area contributed by atoms with E-state index in [2.05, 4.69) is 74.4 Å². The SMILES string of the molecule is Cc1ccccc1CC1=C(CCN(C)C)c2ccccc2C1. The van der Waals surface area contributed by atoms with Crippen molar-refractivity contribution >= 4 is 5.57 Å². The van der Waals surface area contributed by atoms with Crippen LogP contribution in [0.4, 0.5) is 0 Å². The summed E-state index contributed by atoms with van der Waals surface area (Å²) in [5.74, 6) is 0. The lowest BCUT2D eigenvalue weighted by Crippen LogP contribution is -2.13. The summed E-state index contributed by atoms with van der Waals surface area (Å²) in [5.41, 5.74) is 9.03. The third kappa shape index (κ3) is 3.15. The fourth-order valence-electron chi connectivity index (χ4n) is 3.35. The molecule has 0 amide bonds. The number of nitrogens with zero attached hydrogens (tertiary/aromatic N) is 1. The van der Waals surface area contributed by atoms with Crippen LogP contribution in [0.25, 0.3) is 5.57 Å². The molecule has 3 rings (SSSR count). The summed E-state index contributed by atoms with van der Waals surface area (Å²) in [6.45, 7) is 3.33. The van der Waals surface area contributed by atoms with Gasteiger partial charge in [0, 0.05) is 6.54 Å². The van der Waals surface area contributed by atoms with Gasteiger partial charge in [-0.05, 0) is 68.1 Å². The Morgan fingerprint density at radius 3 is 2.45 bits per heavy atom. The minimum atomic E-state index is 1.09. The molecule has 0 fully saturated rings. The second kappa shape index (κ2) is 6.50. The second-order valence-electron chi connectivity index (χ2n) is 6.57. The maximum Gasteiger partial charge on any atom is 0.00159 e. The lowest BCUT2D eigenvalue weighted by Gasteiger charge is -2.14. The molecular formula is C21H25N. The van der Waals surface area contributed by atoms with Crippen molar-refractivity contribution in [2.75, 3.05) is 20.6 Å². The Bertz CT molecular complexity index is 695. The molecule has 114 valence electrons. The van der Waals surface area contributed by atoms with Gasteiger partial charge in [-0.1, -0.05) is 54.1 Å². The van der Waals surface area contributed by atoms with Crippen molar-refractivity contribution in [1.82, 2.24) is 4.90 Å². The predicted octanol–water partition coefficient (Wildman–Crippen LogP) is 4.50. The largest absolute Gasteiger partial charge is 0.309 e. The third-order valence-electron chi connectivity index (χ3n) is 4.65. The van der Waals surface area contributed by atoms with E-state index in [-0.39, 0.29) is 0 Å². The quantitative estimate of drug-likeness (QED) is 0.784. The molecule has 0 atom stereocenters. The zero-order chi connectivity index (χ0) is 15.5. The van der Waals surface area contributed by atoms with Gasteiger partial charge in [-0.3, -0.25) is 0 Å². The van der Waals surface area contributed by atoms with Crippen molar-refractivity contribution in [3.63, 3.8) is 0 Å². The summed E-state index contributed by atoms with van der Waals surface area (Å²) < 4.78 is 0. The van der Waals surface area contributed by atoms with E-state index in [4.69, 9.17) is 0 Å². The van der Waals surface area contributed by atoms with Gasteiger partial charge < -0.3 is 4.90 Å². The number of rotatable bonds is 5. The maximum absolute atomic E-state index is 2.30. The van der Waals surface area contributed by atoms with E-state index < -0.39 is 0 Å².